The topological polar surface area (TPSA) is 49.3 Å². The van der Waals surface area contributed by atoms with E-state index >= 15 is 0 Å². The second-order valence-electron chi connectivity index (χ2n) is 3.74. The van der Waals surface area contributed by atoms with E-state index in [2.05, 4.69) is 27.3 Å². The van der Waals surface area contributed by atoms with Gasteiger partial charge in [0.2, 0.25) is 0 Å². The summed E-state index contributed by atoms with van der Waals surface area (Å²) in [4.78, 5) is 12.0. The van der Waals surface area contributed by atoms with Crippen LogP contribution in [0.5, 0.6) is 0 Å². The van der Waals surface area contributed by atoms with E-state index < -0.39 is 5.97 Å². The maximum atomic E-state index is 10.8. The fourth-order valence-electron chi connectivity index (χ4n) is 1.72. The van der Waals surface area contributed by atoms with Crippen LogP contribution in [-0.4, -0.2) is 17.1 Å². The number of halogens is 1. The van der Waals surface area contributed by atoms with E-state index in [4.69, 9.17) is 5.11 Å². The maximum Gasteiger partial charge on any atom is 0.308 e. The molecule has 0 amide bonds. The summed E-state index contributed by atoms with van der Waals surface area (Å²) in [5, 5.41) is 14.2. The fraction of sp³-hybridized carbons (Fsp3) is 0.500. The highest BCUT2D eigenvalue weighted by molar-refractivity contribution is 9.10. The van der Waals surface area contributed by atoms with E-state index in [0.29, 0.717) is 0 Å². The van der Waals surface area contributed by atoms with Crippen molar-refractivity contribution in [2.24, 2.45) is 5.92 Å². The Labute approximate surface area is 101 Å². The minimum absolute atomic E-state index is 0.156. The lowest BCUT2D eigenvalue weighted by atomic mass is 9.79. The summed E-state index contributed by atoms with van der Waals surface area (Å²) in [5.41, 5.74) is 0. The zero-order chi connectivity index (χ0) is 10.8. The number of rotatable bonds is 4. The van der Waals surface area contributed by atoms with E-state index in [1.54, 1.807) is 11.3 Å². The summed E-state index contributed by atoms with van der Waals surface area (Å²) in [5.74, 6) is -0.862. The van der Waals surface area contributed by atoms with E-state index in [1.807, 2.05) is 5.38 Å². The summed E-state index contributed by atoms with van der Waals surface area (Å²) in [6.45, 7) is 0.769. The monoisotopic (exact) mass is 289 g/mol. The zero-order valence-corrected chi connectivity index (χ0v) is 10.5. The van der Waals surface area contributed by atoms with Crippen LogP contribution in [0.25, 0.3) is 0 Å². The van der Waals surface area contributed by atoms with Crippen molar-refractivity contribution in [2.45, 2.75) is 25.4 Å². The average Bonchev–Trinajstić information content (AvgIpc) is 2.48. The van der Waals surface area contributed by atoms with Gasteiger partial charge in [-0.05, 0) is 34.8 Å². The molecule has 2 unspecified atom stereocenters. The Morgan fingerprint density at radius 3 is 2.93 bits per heavy atom. The molecule has 3 nitrogen and oxygen atoms in total. The third-order valence-electron chi connectivity index (χ3n) is 2.75. The lowest BCUT2D eigenvalue weighted by molar-refractivity contribution is -0.146. The maximum absolute atomic E-state index is 10.8. The Kier molecular flexibility index (Phi) is 3.43. The molecular formula is C10H12BrNO2S. The molecule has 0 aliphatic heterocycles. The number of hydrogen-bond acceptors (Lipinski definition) is 3. The number of carboxylic acids is 1. The van der Waals surface area contributed by atoms with Crippen LogP contribution in [0, 0.1) is 5.92 Å². The van der Waals surface area contributed by atoms with Gasteiger partial charge in [-0.25, -0.2) is 0 Å². The summed E-state index contributed by atoms with van der Waals surface area (Å²) < 4.78 is 1.09. The Bertz CT molecular complexity index is 366. The van der Waals surface area contributed by atoms with E-state index in [9.17, 15) is 4.79 Å². The first kappa shape index (κ1) is 11.1. The lowest BCUT2D eigenvalue weighted by Gasteiger charge is -2.33. The minimum atomic E-state index is -0.675. The number of aliphatic carboxylic acids is 1. The Balaban J connectivity index is 1.81. The molecule has 1 aliphatic rings. The van der Waals surface area contributed by atoms with Crippen LogP contribution in [0.2, 0.25) is 0 Å². The molecule has 5 heteroatoms. The largest absolute Gasteiger partial charge is 0.481 e. The first-order chi connectivity index (χ1) is 7.16. The number of carboxylic acid groups (broad SMARTS) is 1. The van der Waals surface area contributed by atoms with Gasteiger partial charge < -0.3 is 10.4 Å². The number of thiophene rings is 1. The highest BCUT2D eigenvalue weighted by Gasteiger charge is 2.35. The number of carbonyl (C=O) groups is 1. The highest BCUT2D eigenvalue weighted by atomic mass is 79.9. The van der Waals surface area contributed by atoms with Gasteiger partial charge in [-0.15, -0.1) is 11.3 Å². The molecule has 1 aliphatic carbocycles. The first-order valence-corrected chi connectivity index (χ1v) is 6.53. The van der Waals surface area contributed by atoms with Crippen LogP contribution < -0.4 is 5.32 Å². The number of nitrogens with one attached hydrogen (secondary N) is 1. The first-order valence-electron chi connectivity index (χ1n) is 4.86. The van der Waals surface area contributed by atoms with E-state index in [0.717, 1.165) is 23.9 Å². The lowest BCUT2D eigenvalue weighted by Crippen LogP contribution is -2.47. The molecule has 0 spiro atoms. The van der Waals surface area contributed by atoms with Gasteiger partial charge in [0.15, 0.2) is 0 Å². The third-order valence-corrected chi connectivity index (χ3v) is 4.45. The highest BCUT2D eigenvalue weighted by Crippen LogP contribution is 2.28. The molecule has 1 saturated carbocycles. The number of hydrogen-bond donors (Lipinski definition) is 2. The second kappa shape index (κ2) is 4.63. The molecule has 0 saturated heterocycles. The van der Waals surface area contributed by atoms with Crippen LogP contribution >= 0.6 is 27.3 Å². The zero-order valence-electron chi connectivity index (χ0n) is 8.07. The fourth-order valence-corrected chi connectivity index (χ4v) is 3.12. The van der Waals surface area contributed by atoms with Crippen molar-refractivity contribution in [2.75, 3.05) is 0 Å². The van der Waals surface area contributed by atoms with Crippen LogP contribution in [0.3, 0.4) is 0 Å². The molecule has 2 rings (SSSR count). The van der Waals surface area contributed by atoms with Crippen LogP contribution in [-0.2, 0) is 11.3 Å². The third kappa shape index (κ3) is 2.59. The van der Waals surface area contributed by atoms with Crippen LogP contribution in [0.1, 0.15) is 17.7 Å². The standard InChI is InChI=1S/C10H12BrNO2S/c11-6-3-7(15-5-6)4-12-9-2-1-8(9)10(13)14/h3,5,8-9,12H,1-2,4H2,(H,13,14). The van der Waals surface area contributed by atoms with Gasteiger partial charge in [-0.1, -0.05) is 0 Å². The molecule has 1 heterocycles. The van der Waals surface area contributed by atoms with Crippen LogP contribution in [0.4, 0.5) is 0 Å². The van der Waals surface area contributed by atoms with Crippen molar-refractivity contribution in [3.63, 3.8) is 0 Å². The molecule has 2 atom stereocenters. The molecule has 15 heavy (non-hydrogen) atoms. The predicted octanol–water partition coefficient (Wildman–Crippen LogP) is 2.46. The van der Waals surface area contributed by atoms with Gasteiger partial charge in [0.25, 0.3) is 0 Å². The average molecular weight is 290 g/mol. The van der Waals surface area contributed by atoms with Gasteiger partial charge in [-0.2, -0.15) is 0 Å². The molecule has 1 aromatic heterocycles. The van der Waals surface area contributed by atoms with Crippen molar-refractivity contribution in [1.82, 2.24) is 5.32 Å². The van der Waals surface area contributed by atoms with Crippen molar-refractivity contribution < 1.29 is 9.90 Å². The second-order valence-corrected chi connectivity index (χ2v) is 5.65. The molecule has 0 bridgehead atoms. The van der Waals surface area contributed by atoms with E-state index in [-0.39, 0.29) is 12.0 Å². The summed E-state index contributed by atoms with van der Waals surface area (Å²) in [7, 11) is 0. The Morgan fingerprint density at radius 1 is 1.67 bits per heavy atom. The smallest absolute Gasteiger partial charge is 0.308 e. The Hall–Kier alpha value is -0.390. The molecule has 2 N–H and O–H groups in total. The molecular weight excluding hydrogens is 278 g/mol. The van der Waals surface area contributed by atoms with Crippen molar-refractivity contribution in [3.05, 3.63) is 20.8 Å². The molecule has 1 aromatic rings. The minimum Gasteiger partial charge on any atom is -0.481 e. The molecule has 0 radical (unpaired) electrons. The predicted molar refractivity (Wildman–Crippen MR) is 63.0 cm³/mol. The summed E-state index contributed by atoms with van der Waals surface area (Å²) >= 11 is 5.07. The SMILES string of the molecule is O=C(O)C1CCC1NCc1cc(Br)cs1. The molecule has 0 aromatic carbocycles. The normalized spacial score (nSPS) is 24.9. The molecule has 82 valence electrons. The van der Waals surface area contributed by atoms with E-state index in [1.165, 1.54) is 4.88 Å². The molecule has 1 fully saturated rings. The van der Waals surface area contributed by atoms with Gasteiger partial charge in [0, 0.05) is 27.3 Å². The summed E-state index contributed by atoms with van der Waals surface area (Å²) in [6, 6.07) is 2.22. The van der Waals surface area contributed by atoms with Gasteiger partial charge in [0.1, 0.15) is 0 Å². The van der Waals surface area contributed by atoms with Gasteiger partial charge in [-0.3, -0.25) is 4.79 Å². The van der Waals surface area contributed by atoms with Crippen molar-refractivity contribution >= 4 is 33.2 Å². The summed E-state index contributed by atoms with van der Waals surface area (Å²) in [6.07, 6.45) is 1.78. The van der Waals surface area contributed by atoms with Gasteiger partial charge >= 0.3 is 5.97 Å². The van der Waals surface area contributed by atoms with Crippen molar-refractivity contribution in [3.8, 4) is 0 Å². The quantitative estimate of drug-likeness (QED) is 0.895. The Morgan fingerprint density at radius 2 is 2.47 bits per heavy atom. The van der Waals surface area contributed by atoms with Gasteiger partial charge in [0.05, 0.1) is 5.92 Å². The van der Waals surface area contributed by atoms with Crippen molar-refractivity contribution in [1.29, 1.82) is 0 Å². The van der Waals surface area contributed by atoms with Crippen LogP contribution in [0.15, 0.2) is 15.9 Å².